The summed E-state index contributed by atoms with van der Waals surface area (Å²) in [6.07, 6.45) is 3.68. The van der Waals surface area contributed by atoms with Gasteiger partial charge in [0.2, 0.25) is 5.91 Å². The molecule has 0 bridgehead atoms. The number of hydrogen-bond acceptors (Lipinski definition) is 5. The average molecular weight is 355 g/mol. The number of aromatic nitrogens is 3. The van der Waals surface area contributed by atoms with Gasteiger partial charge in [-0.15, -0.1) is 10.2 Å². The SMILES string of the molecule is CC(c1ccccc1)n1cnnc1SCC(=O)NC(C)(C#N)C1CC1. The summed E-state index contributed by atoms with van der Waals surface area (Å²) in [7, 11) is 0. The van der Waals surface area contributed by atoms with E-state index >= 15 is 0 Å². The lowest BCUT2D eigenvalue weighted by Gasteiger charge is -2.22. The van der Waals surface area contributed by atoms with Crippen molar-refractivity contribution in [1.29, 1.82) is 5.26 Å². The molecular weight excluding hydrogens is 334 g/mol. The van der Waals surface area contributed by atoms with Crippen LogP contribution in [0.4, 0.5) is 0 Å². The maximum atomic E-state index is 12.3. The zero-order chi connectivity index (χ0) is 17.9. The maximum absolute atomic E-state index is 12.3. The first kappa shape index (κ1) is 17.5. The van der Waals surface area contributed by atoms with Crippen molar-refractivity contribution < 1.29 is 4.79 Å². The van der Waals surface area contributed by atoms with Gasteiger partial charge in [-0.2, -0.15) is 5.26 Å². The van der Waals surface area contributed by atoms with Crippen molar-refractivity contribution >= 4 is 17.7 Å². The number of rotatable bonds is 7. The second-order valence-corrected chi connectivity index (χ2v) is 7.48. The standard InChI is InChI=1S/C18H21N5OS/c1-13(14-6-4-3-5-7-14)23-12-20-22-17(23)25-10-16(24)21-18(2,11-19)15-8-9-15/h3-7,12-13,15H,8-10H2,1-2H3,(H,21,24). The topological polar surface area (TPSA) is 83.6 Å². The number of carbonyl (C=O) groups excluding carboxylic acids is 1. The van der Waals surface area contributed by atoms with E-state index in [2.05, 4.69) is 40.6 Å². The third-order valence-electron chi connectivity index (χ3n) is 4.60. The Hall–Kier alpha value is -2.33. The van der Waals surface area contributed by atoms with E-state index in [9.17, 15) is 10.1 Å². The van der Waals surface area contributed by atoms with E-state index in [0.29, 0.717) is 5.16 Å². The highest BCUT2D eigenvalue weighted by molar-refractivity contribution is 7.99. The van der Waals surface area contributed by atoms with Gasteiger partial charge in [-0.05, 0) is 38.2 Å². The summed E-state index contributed by atoms with van der Waals surface area (Å²) in [5.74, 6) is 0.334. The number of hydrogen-bond donors (Lipinski definition) is 1. The lowest BCUT2D eigenvalue weighted by atomic mass is 9.98. The number of amides is 1. The Morgan fingerprint density at radius 2 is 2.20 bits per heavy atom. The first-order chi connectivity index (χ1) is 12.0. The van der Waals surface area contributed by atoms with Crippen LogP contribution in [0.25, 0.3) is 0 Å². The van der Waals surface area contributed by atoms with E-state index < -0.39 is 5.54 Å². The quantitative estimate of drug-likeness (QED) is 0.772. The zero-order valence-electron chi connectivity index (χ0n) is 14.3. The Morgan fingerprint density at radius 1 is 1.48 bits per heavy atom. The molecule has 1 fully saturated rings. The van der Waals surface area contributed by atoms with Crippen molar-refractivity contribution in [2.45, 2.75) is 43.4 Å². The molecule has 0 saturated heterocycles. The molecule has 2 aromatic rings. The normalized spacial score (nSPS) is 17.3. The maximum Gasteiger partial charge on any atom is 0.231 e. The first-order valence-corrected chi connectivity index (χ1v) is 9.31. The number of carbonyl (C=O) groups is 1. The molecule has 1 N–H and O–H groups in total. The highest BCUT2D eigenvalue weighted by atomic mass is 32.2. The van der Waals surface area contributed by atoms with Crippen LogP contribution in [-0.2, 0) is 4.79 Å². The molecular formula is C18H21N5OS. The zero-order valence-corrected chi connectivity index (χ0v) is 15.2. The van der Waals surface area contributed by atoms with E-state index in [-0.39, 0.29) is 23.6 Å². The molecule has 0 radical (unpaired) electrons. The van der Waals surface area contributed by atoms with Gasteiger partial charge in [0.1, 0.15) is 11.9 Å². The number of thioether (sulfide) groups is 1. The Balaban J connectivity index is 1.62. The van der Waals surface area contributed by atoms with Crippen LogP contribution < -0.4 is 5.32 Å². The summed E-state index contributed by atoms with van der Waals surface area (Å²) < 4.78 is 1.96. The summed E-state index contributed by atoms with van der Waals surface area (Å²) in [5, 5.41) is 21.0. The minimum absolute atomic E-state index is 0.0811. The van der Waals surface area contributed by atoms with Gasteiger partial charge < -0.3 is 9.88 Å². The average Bonchev–Trinajstić information content (AvgIpc) is 3.39. The molecule has 1 aromatic heterocycles. The van der Waals surface area contributed by atoms with Crippen molar-refractivity contribution in [3.05, 3.63) is 42.2 Å². The summed E-state index contributed by atoms with van der Waals surface area (Å²) >= 11 is 1.34. The molecule has 1 aliphatic carbocycles. The third kappa shape index (κ3) is 4.02. The monoisotopic (exact) mass is 355 g/mol. The van der Waals surface area contributed by atoms with Crippen LogP contribution >= 0.6 is 11.8 Å². The second-order valence-electron chi connectivity index (χ2n) is 6.53. The van der Waals surface area contributed by atoms with Gasteiger partial charge >= 0.3 is 0 Å². The molecule has 130 valence electrons. The van der Waals surface area contributed by atoms with E-state index in [1.807, 2.05) is 22.8 Å². The van der Waals surface area contributed by atoms with Gasteiger partial charge in [-0.25, -0.2) is 0 Å². The molecule has 1 aromatic carbocycles. The summed E-state index contributed by atoms with van der Waals surface area (Å²) in [5.41, 5.74) is 0.391. The highest BCUT2D eigenvalue weighted by Gasteiger charge is 2.42. The van der Waals surface area contributed by atoms with Crippen LogP contribution in [0.15, 0.2) is 41.8 Å². The Labute approximate surface area is 151 Å². The lowest BCUT2D eigenvalue weighted by Crippen LogP contribution is -2.47. The molecule has 0 spiro atoms. The van der Waals surface area contributed by atoms with Gasteiger partial charge in [0, 0.05) is 0 Å². The molecule has 2 atom stereocenters. The number of nitrogens with one attached hydrogen (secondary N) is 1. The predicted octanol–water partition coefficient (Wildman–Crippen LogP) is 2.79. The third-order valence-corrected chi connectivity index (χ3v) is 5.55. The van der Waals surface area contributed by atoms with Crippen LogP contribution in [0.3, 0.4) is 0 Å². The van der Waals surface area contributed by atoms with Gasteiger partial charge in [0.05, 0.1) is 17.9 Å². The van der Waals surface area contributed by atoms with Gasteiger partial charge in [0.15, 0.2) is 5.16 Å². The van der Waals surface area contributed by atoms with Crippen molar-refractivity contribution in [1.82, 2.24) is 20.1 Å². The second kappa shape index (κ2) is 7.28. The molecule has 1 saturated carbocycles. The van der Waals surface area contributed by atoms with Crippen LogP contribution in [0.2, 0.25) is 0 Å². The minimum atomic E-state index is -0.761. The Kier molecular flexibility index (Phi) is 5.09. The molecule has 7 heteroatoms. The smallest absolute Gasteiger partial charge is 0.231 e. The fraction of sp³-hybridized carbons (Fsp3) is 0.444. The van der Waals surface area contributed by atoms with Crippen LogP contribution in [0.5, 0.6) is 0 Å². The van der Waals surface area contributed by atoms with Crippen molar-refractivity contribution in [3.8, 4) is 6.07 Å². The highest BCUT2D eigenvalue weighted by Crippen LogP contribution is 2.39. The van der Waals surface area contributed by atoms with E-state index in [4.69, 9.17) is 0 Å². The molecule has 6 nitrogen and oxygen atoms in total. The number of nitrogens with zero attached hydrogens (tertiary/aromatic N) is 4. The van der Waals surface area contributed by atoms with E-state index in [1.54, 1.807) is 13.3 Å². The minimum Gasteiger partial charge on any atom is -0.337 e. The molecule has 25 heavy (non-hydrogen) atoms. The molecule has 1 heterocycles. The fourth-order valence-electron chi connectivity index (χ4n) is 2.83. The molecule has 1 amide bonds. The largest absolute Gasteiger partial charge is 0.337 e. The molecule has 2 unspecified atom stereocenters. The predicted molar refractivity (Wildman–Crippen MR) is 95.9 cm³/mol. The Morgan fingerprint density at radius 3 is 2.84 bits per heavy atom. The lowest BCUT2D eigenvalue weighted by molar-refractivity contribution is -0.119. The number of benzene rings is 1. The Bertz CT molecular complexity index is 780. The van der Waals surface area contributed by atoms with E-state index in [1.165, 1.54) is 11.8 Å². The van der Waals surface area contributed by atoms with Crippen molar-refractivity contribution in [2.24, 2.45) is 5.92 Å². The summed E-state index contributed by atoms with van der Waals surface area (Å²) in [6.45, 7) is 3.87. The van der Waals surface area contributed by atoms with Gasteiger partial charge in [-0.1, -0.05) is 42.1 Å². The van der Waals surface area contributed by atoms with Crippen LogP contribution in [0.1, 0.15) is 38.3 Å². The summed E-state index contributed by atoms with van der Waals surface area (Å²) in [6, 6.07) is 12.4. The number of nitriles is 1. The van der Waals surface area contributed by atoms with E-state index in [0.717, 1.165) is 18.4 Å². The van der Waals surface area contributed by atoms with Gasteiger partial charge in [0.25, 0.3) is 0 Å². The van der Waals surface area contributed by atoms with Crippen molar-refractivity contribution in [2.75, 3.05) is 5.75 Å². The first-order valence-electron chi connectivity index (χ1n) is 8.33. The van der Waals surface area contributed by atoms with Crippen LogP contribution in [-0.4, -0.2) is 32.0 Å². The fourth-order valence-corrected chi connectivity index (χ4v) is 3.62. The molecule has 3 rings (SSSR count). The van der Waals surface area contributed by atoms with Crippen LogP contribution in [0, 0.1) is 17.2 Å². The van der Waals surface area contributed by atoms with Crippen molar-refractivity contribution in [3.63, 3.8) is 0 Å². The summed E-state index contributed by atoms with van der Waals surface area (Å²) in [4.78, 5) is 12.3. The molecule has 1 aliphatic rings. The molecule has 0 aliphatic heterocycles. The van der Waals surface area contributed by atoms with Gasteiger partial charge in [-0.3, -0.25) is 4.79 Å².